The number of piperidine rings is 1. The van der Waals surface area contributed by atoms with Gasteiger partial charge in [-0.25, -0.2) is 0 Å². The van der Waals surface area contributed by atoms with Crippen LogP contribution >= 0.6 is 11.6 Å². The number of rotatable bonds is 3. The summed E-state index contributed by atoms with van der Waals surface area (Å²) in [6.45, 7) is 9.67. The van der Waals surface area contributed by atoms with Gasteiger partial charge in [-0.05, 0) is 56.4 Å². The predicted octanol–water partition coefficient (Wildman–Crippen LogP) is 4.15. The van der Waals surface area contributed by atoms with E-state index in [1.54, 1.807) is 24.3 Å². The van der Waals surface area contributed by atoms with Crippen LogP contribution in [0.4, 0.5) is 0 Å². The number of halogens is 1. The van der Waals surface area contributed by atoms with Gasteiger partial charge in [-0.15, -0.1) is 0 Å². The number of likely N-dealkylation sites (tertiary alicyclic amines) is 1. The number of hydrogen-bond donors (Lipinski definition) is 0. The average molecular weight is 310 g/mol. The smallest absolute Gasteiger partial charge is 0.266 e. The highest BCUT2D eigenvalue weighted by Gasteiger charge is 2.38. The van der Waals surface area contributed by atoms with Gasteiger partial charge in [0.15, 0.2) is 5.60 Å². The third kappa shape index (κ3) is 4.13. The Morgan fingerprint density at radius 1 is 1.29 bits per heavy atom. The van der Waals surface area contributed by atoms with E-state index in [-0.39, 0.29) is 11.3 Å². The van der Waals surface area contributed by atoms with E-state index in [1.807, 2.05) is 18.7 Å². The Kier molecular flexibility index (Phi) is 4.52. The number of nitrogens with zero attached hydrogens (tertiary/aromatic N) is 1. The lowest BCUT2D eigenvalue weighted by Crippen LogP contribution is -2.53. The van der Waals surface area contributed by atoms with Gasteiger partial charge >= 0.3 is 0 Å². The van der Waals surface area contributed by atoms with E-state index >= 15 is 0 Å². The van der Waals surface area contributed by atoms with Crippen LogP contribution in [0.2, 0.25) is 5.02 Å². The van der Waals surface area contributed by atoms with Crippen LogP contribution in [0.1, 0.15) is 40.5 Å². The van der Waals surface area contributed by atoms with Gasteiger partial charge in [0.05, 0.1) is 0 Å². The lowest BCUT2D eigenvalue weighted by atomic mass is 9.83. The van der Waals surface area contributed by atoms with Crippen molar-refractivity contribution in [1.82, 2.24) is 4.90 Å². The second kappa shape index (κ2) is 5.88. The van der Waals surface area contributed by atoms with Crippen LogP contribution in [-0.4, -0.2) is 29.5 Å². The van der Waals surface area contributed by atoms with Crippen LogP contribution < -0.4 is 4.74 Å². The zero-order valence-corrected chi connectivity index (χ0v) is 14.0. The maximum atomic E-state index is 12.8. The maximum absolute atomic E-state index is 12.8. The molecule has 1 saturated heterocycles. The first kappa shape index (κ1) is 16.2. The monoisotopic (exact) mass is 309 g/mol. The van der Waals surface area contributed by atoms with E-state index in [1.165, 1.54) is 0 Å². The van der Waals surface area contributed by atoms with Gasteiger partial charge in [0.25, 0.3) is 5.91 Å². The van der Waals surface area contributed by atoms with Gasteiger partial charge in [-0.2, -0.15) is 0 Å². The van der Waals surface area contributed by atoms with E-state index in [4.69, 9.17) is 16.3 Å². The van der Waals surface area contributed by atoms with Crippen molar-refractivity contribution < 1.29 is 9.53 Å². The molecule has 1 amide bonds. The van der Waals surface area contributed by atoms with Crippen molar-refractivity contribution in [3.63, 3.8) is 0 Å². The summed E-state index contributed by atoms with van der Waals surface area (Å²) in [6.07, 6.45) is 2.21. The van der Waals surface area contributed by atoms with Crippen LogP contribution in [0.3, 0.4) is 0 Å². The summed E-state index contributed by atoms with van der Waals surface area (Å²) < 4.78 is 5.89. The second-order valence-corrected chi connectivity index (χ2v) is 7.50. The maximum Gasteiger partial charge on any atom is 0.266 e. The van der Waals surface area contributed by atoms with Crippen molar-refractivity contribution in [1.29, 1.82) is 0 Å². The minimum Gasteiger partial charge on any atom is -0.478 e. The van der Waals surface area contributed by atoms with Crippen LogP contribution in [0, 0.1) is 5.41 Å². The molecule has 0 aliphatic carbocycles. The summed E-state index contributed by atoms with van der Waals surface area (Å²) in [5, 5.41) is 0.657. The van der Waals surface area contributed by atoms with Crippen LogP contribution in [0.25, 0.3) is 0 Å². The molecule has 0 radical (unpaired) electrons. The van der Waals surface area contributed by atoms with E-state index < -0.39 is 5.60 Å². The van der Waals surface area contributed by atoms with E-state index in [9.17, 15) is 4.79 Å². The van der Waals surface area contributed by atoms with Gasteiger partial charge in [-0.1, -0.05) is 25.4 Å². The molecule has 0 atom stereocenters. The summed E-state index contributed by atoms with van der Waals surface area (Å²) in [5.74, 6) is 0.708. The minimum absolute atomic E-state index is 0.0465. The molecule has 4 heteroatoms. The van der Waals surface area contributed by atoms with Crippen LogP contribution in [0.5, 0.6) is 5.75 Å². The average Bonchev–Trinajstić information content (AvgIpc) is 2.39. The fraction of sp³-hybridized carbons (Fsp3) is 0.588. The molecule has 3 nitrogen and oxygen atoms in total. The number of carbonyl (C=O) groups is 1. The van der Waals surface area contributed by atoms with Gasteiger partial charge in [0.1, 0.15) is 5.75 Å². The van der Waals surface area contributed by atoms with Gasteiger partial charge < -0.3 is 9.64 Å². The highest BCUT2D eigenvalue weighted by atomic mass is 35.5. The molecule has 1 aliphatic heterocycles. The number of benzene rings is 1. The highest BCUT2D eigenvalue weighted by Crippen LogP contribution is 2.30. The quantitative estimate of drug-likeness (QED) is 0.839. The van der Waals surface area contributed by atoms with Gasteiger partial charge in [0, 0.05) is 18.1 Å². The molecule has 1 aromatic rings. The van der Waals surface area contributed by atoms with Crippen molar-refractivity contribution >= 4 is 17.5 Å². The van der Waals surface area contributed by atoms with E-state index in [0.29, 0.717) is 10.8 Å². The fourth-order valence-electron chi connectivity index (χ4n) is 2.82. The largest absolute Gasteiger partial charge is 0.478 e. The Balaban J connectivity index is 2.07. The standard InChI is InChI=1S/C17H24ClNO2/c1-16(2)10-5-11-19(12-16)15(20)17(3,4)21-14-8-6-13(18)7-9-14/h6-9H,5,10-12H2,1-4H3. The molecule has 1 fully saturated rings. The first-order valence-corrected chi connectivity index (χ1v) is 7.81. The SMILES string of the molecule is CC1(C)CCCN(C(=O)C(C)(C)Oc2ccc(Cl)cc2)C1. The van der Waals surface area contributed by atoms with Crippen molar-refractivity contribution in [2.24, 2.45) is 5.41 Å². The van der Waals surface area contributed by atoms with Crippen molar-refractivity contribution in [2.45, 2.75) is 46.1 Å². The Morgan fingerprint density at radius 3 is 2.48 bits per heavy atom. The molecule has 0 saturated carbocycles. The molecule has 1 heterocycles. The second-order valence-electron chi connectivity index (χ2n) is 7.06. The molecular weight excluding hydrogens is 286 g/mol. The Bertz CT molecular complexity index is 508. The third-order valence-electron chi connectivity index (χ3n) is 3.89. The zero-order valence-electron chi connectivity index (χ0n) is 13.3. The summed E-state index contributed by atoms with van der Waals surface area (Å²) >= 11 is 5.87. The molecule has 0 unspecified atom stereocenters. The molecule has 0 spiro atoms. The summed E-state index contributed by atoms with van der Waals surface area (Å²) in [6, 6.07) is 7.11. The Hall–Kier alpha value is -1.22. The number of amides is 1. The molecule has 0 N–H and O–H groups in total. The van der Waals surface area contributed by atoms with Gasteiger partial charge in [-0.3, -0.25) is 4.79 Å². The topological polar surface area (TPSA) is 29.5 Å². The number of hydrogen-bond acceptors (Lipinski definition) is 2. The normalized spacial score (nSPS) is 18.4. The first-order valence-electron chi connectivity index (χ1n) is 7.44. The molecule has 0 bridgehead atoms. The Labute approximate surface area is 132 Å². The van der Waals surface area contributed by atoms with Crippen molar-refractivity contribution in [3.8, 4) is 5.75 Å². The van der Waals surface area contributed by atoms with Crippen molar-refractivity contribution in [2.75, 3.05) is 13.1 Å². The van der Waals surface area contributed by atoms with E-state index in [0.717, 1.165) is 25.9 Å². The molecule has 1 aliphatic rings. The fourth-order valence-corrected chi connectivity index (χ4v) is 2.94. The Morgan fingerprint density at radius 2 is 1.90 bits per heavy atom. The predicted molar refractivity (Wildman–Crippen MR) is 85.8 cm³/mol. The lowest BCUT2D eigenvalue weighted by molar-refractivity contribution is -0.148. The van der Waals surface area contributed by atoms with Crippen LogP contribution in [0.15, 0.2) is 24.3 Å². The summed E-state index contributed by atoms with van der Waals surface area (Å²) in [5.41, 5.74) is -0.689. The number of ether oxygens (including phenoxy) is 1. The molecule has 1 aromatic carbocycles. The lowest BCUT2D eigenvalue weighted by Gasteiger charge is -2.41. The summed E-state index contributed by atoms with van der Waals surface area (Å²) in [4.78, 5) is 14.7. The zero-order chi connectivity index (χ0) is 15.7. The summed E-state index contributed by atoms with van der Waals surface area (Å²) in [7, 11) is 0. The molecular formula is C17H24ClNO2. The third-order valence-corrected chi connectivity index (χ3v) is 4.14. The molecule has 2 rings (SSSR count). The first-order chi connectivity index (χ1) is 9.70. The molecule has 0 aromatic heterocycles. The van der Waals surface area contributed by atoms with Gasteiger partial charge in [0.2, 0.25) is 0 Å². The molecule has 116 valence electrons. The highest BCUT2D eigenvalue weighted by molar-refractivity contribution is 6.30. The van der Waals surface area contributed by atoms with E-state index in [2.05, 4.69) is 13.8 Å². The number of carbonyl (C=O) groups excluding carboxylic acids is 1. The molecule has 21 heavy (non-hydrogen) atoms. The van der Waals surface area contributed by atoms with Crippen LogP contribution in [-0.2, 0) is 4.79 Å². The van der Waals surface area contributed by atoms with Crippen molar-refractivity contribution in [3.05, 3.63) is 29.3 Å². The minimum atomic E-state index is -0.874.